The van der Waals surface area contributed by atoms with Gasteiger partial charge < -0.3 is 15.6 Å². The van der Waals surface area contributed by atoms with Crippen molar-refractivity contribution in [1.82, 2.24) is 15.6 Å². The Morgan fingerprint density at radius 1 is 1.29 bits per heavy atom. The Bertz CT molecular complexity index is 731. The summed E-state index contributed by atoms with van der Waals surface area (Å²) < 4.78 is 0. The number of H-pyrrole nitrogens is 1. The van der Waals surface area contributed by atoms with E-state index >= 15 is 0 Å². The van der Waals surface area contributed by atoms with Gasteiger partial charge in [0, 0.05) is 41.5 Å². The first-order valence-corrected chi connectivity index (χ1v) is 8.13. The first kappa shape index (κ1) is 14.1. The van der Waals surface area contributed by atoms with E-state index in [1.165, 1.54) is 21.3 Å². The Morgan fingerprint density at radius 2 is 2.14 bits per heavy atom. The van der Waals surface area contributed by atoms with E-state index in [9.17, 15) is 0 Å². The number of benzene rings is 1. The van der Waals surface area contributed by atoms with Gasteiger partial charge in [0.1, 0.15) is 0 Å². The van der Waals surface area contributed by atoms with E-state index in [4.69, 9.17) is 12.2 Å². The van der Waals surface area contributed by atoms with Crippen LogP contribution in [0.15, 0.2) is 48.0 Å². The van der Waals surface area contributed by atoms with Crippen LogP contribution in [-0.2, 0) is 0 Å². The number of nitrogens with one attached hydrogen (secondary N) is 3. The second kappa shape index (κ2) is 6.28. The molecule has 0 aliphatic heterocycles. The zero-order chi connectivity index (χ0) is 14.7. The monoisotopic (exact) mass is 315 g/mol. The normalized spacial score (nSPS) is 12.2. The van der Waals surface area contributed by atoms with Crippen molar-refractivity contribution in [3.8, 4) is 0 Å². The first-order chi connectivity index (χ1) is 10.3. The number of aromatic nitrogens is 1. The third-order valence-electron chi connectivity index (χ3n) is 3.58. The standard InChI is InChI=1S/C16H17N3S2/c1-17-16(20)19-10-13(15-7-4-8-21-15)12-9-18-14-6-3-2-5-11(12)14/h2-9,13,18H,10H2,1H3,(H2,17,19,20). The molecule has 2 heterocycles. The van der Waals surface area contributed by atoms with Crippen LogP contribution in [0.5, 0.6) is 0 Å². The highest BCUT2D eigenvalue weighted by atomic mass is 32.1. The summed E-state index contributed by atoms with van der Waals surface area (Å²) in [6.07, 6.45) is 2.11. The van der Waals surface area contributed by atoms with Crippen LogP contribution in [0.1, 0.15) is 16.4 Å². The second-order valence-corrected chi connectivity index (χ2v) is 6.21. The van der Waals surface area contributed by atoms with Crippen molar-refractivity contribution in [3.63, 3.8) is 0 Å². The van der Waals surface area contributed by atoms with Gasteiger partial charge in [-0.2, -0.15) is 0 Å². The Labute approximate surface area is 133 Å². The van der Waals surface area contributed by atoms with Crippen molar-refractivity contribution in [2.45, 2.75) is 5.92 Å². The molecular formula is C16H17N3S2. The Balaban J connectivity index is 1.97. The molecule has 0 spiro atoms. The van der Waals surface area contributed by atoms with Crippen molar-refractivity contribution in [2.75, 3.05) is 13.6 Å². The van der Waals surface area contributed by atoms with Crippen molar-refractivity contribution in [1.29, 1.82) is 0 Å². The molecule has 0 aliphatic carbocycles. The molecule has 21 heavy (non-hydrogen) atoms. The summed E-state index contributed by atoms with van der Waals surface area (Å²) in [7, 11) is 1.83. The third kappa shape index (κ3) is 2.94. The van der Waals surface area contributed by atoms with Crippen LogP contribution in [0, 0.1) is 0 Å². The molecule has 108 valence electrons. The molecule has 0 aliphatic rings. The average Bonchev–Trinajstić information content (AvgIpc) is 3.17. The quantitative estimate of drug-likeness (QED) is 0.646. The summed E-state index contributed by atoms with van der Waals surface area (Å²) in [5.41, 5.74) is 2.48. The molecule has 3 rings (SSSR count). The van der Waals surface area contributed by atoms with Crippen LogP contribution in [0.3, 0.4) is 0 Å². The molecule has 2 aromatic heterocycles. The number of hydrogen-bond acceptors (Lipinski definition) is 2. The number of thiocarbonyl (C=S) groups is 1. The lowest BCUT2D eigenvalue weighted by atomic mass is 9.97. The van der Waals surface area contributed by atoms with Gasteiger partial charge in [0.05, 0.1) is 0 Å². The van der Waals surface area contributed by atoms with Crippen molar-refractivity contribution < 1.29 is 0 Å². The maximum Gasteiger partial charge on any atom is 0.166 e. The number of para-hydroxylation sites is 1. The molecule has 1 atom stereocenters. The zero-order valence-electron chi connectivity index (χ0n) is 11.7. The summed E-state index contributed by atoms with van der Waals surface area (Å²) in [5.74, 6) is 0.285. The Morgan fingerprint density at radius 3 is 2.90 bits per heavy atom. The molecule has 0 bridgehead atoms. The second-order valence-electron chi connectivity index (χ2n) is 4.82. The van der Waals surface area contributed by atoms with E-state index in [0.29, 0.717) is 5.11 Å². The molecule has 1 unspecified atom stereocenters. The fourth-order valence-corrected chi connectivity index (χ4v) is 3.45. The van der Waals surface area contributed by atoms with E-state index in [-0.39, 0.29) is 5.92 Å². The van der Waals surface area contributed by atoms with E-state index in [1.807, 2.05) is 7.05 Å². The molecule has 3 nitrogen and oxygen atoms in total. The fourth-order valence-electron chi connectivity index (χ4n) is 2.52. The van der Waals surface area contributed by atoms with Gasteiger partial charge in [-0.1, -0.05) is 24.3 Å². The molecule has 3 N–H and O–H groups in total. The van der Waals surface area contributed by atoms with Gasteiger partial charge in [-0.15, -0.1) is 11.3 Å². The van der Waals surface area contributed by atoms with Crippen molar-refractivity contribution in [2.24, 2.45) is 0 Å². The minimum atomic E-state index is 0.285. The lowest BCUT2D eigenvalue weighted by Gasteiger charge is -2.17. The fraction of sp³-hybridized carbons (Fsp3) is 0.188. The highest BCUT2D eigenvalue weighted by molar-refractivity contribution is 7.80. The van der Waals surface area contributed by atoms with Gasteiger partial charge in [-0.3, -0.25) is 0 Å². The van der Waals surface area contributed by atoms with Crippen LogP contribution < -0.4 is 10.6 Å². The topological polar surface area (TPSA) is 39.8 Å². The predicted molar refractivity (Wildman–Crippen MR) is 94.1 cm³/mol. The van der Waals surface area contributed by atoms with Gasteiger partial charge in [-0.05, 0) is 35.3 Å². The van der Waals surface area contributed by atoms with Gasteiger partial charge in [0.25, 0.3) is 0 Å². The summed E-state index contributed by atoms with van der Waals surface area (Å²) in [4.78, 5) is 4.70. The lowest BCUT2D eigenvalue weighted by molar-refractivity contribution is 0.766. The molecule has 1 aromatic carbocycles. The van der Waals surface area contributed by atoms with E-state index in [1.54, 1.807) is 11.3 Å². The molecule has 0 saturated heterocycles. The molecule has 0 radical (unpaired) electrons. The van der Waals surface area contributed by atoms with Crippen LogP contribution in [0.4, 0.5) is 0 Å². The van der Waals surface area contributed by atoms with E-state index in [0.717, 1.165) is 6.54 Å². The summed E-state index contributed by atoms with van der Waals surface area (Å²) >= 11 is 6.98. The van der Waals surface area contributed by atoms with Crippen LogP contribution in [-0.4, -0.2) is 23.7 Å². The third-order valence-corrected chi connectivity index (χ3v) is 4.91. The Hall–Kier alpha value is -1.85. The highest BCUT2D eigenvalue weighted by Crippen LogP contribution is 2.32. The number of aromatic amines is 1. The molecule has 0 amide bonds. The lowest BCUT2D eigenvalue weighted by Crippen LogP contribution is -2.35. The SMILES string of the molecule is CNC(=S)NCC(c1cccs1)c1c[nH]c2ccccc12. The smallest absolute Gasteiger partial charge is 0.166 e. The predicted octanol–water partition coefficient (Wildman–Crippen LogP) is 3.46. The number of hydrogen-bond donors (Lipinski definition) is 3. The maximum atomic E-state index is 5.20. The molecule has 5 heteroatoms. The van der Waals surface area contributed by atoms with Gasteiger partial charge >= 0.3 is 0 Å². The molecule has 0 saturated carbocycles. The van der Waals surface area contributed by atoms with Crippen LogP contribution in [0.25, 0.3) is 10.9 Å². The number of fused-ring (bicyclic) bond motifs is 1. The van der Waals surface area contributed by atoms with Gasteiger partial charge in [0.15, 0.2) is 5.11 Å². The van der Waals surface area contributed by atoms with Crippen LogP contribution >= 0.6 is 23.6 Å². The summed E-state index contributed by atoms with van der Waals surface area (Å²) in [6.45, 7) is 0.780. The summed E-state index contributed by atoms with van der Waals surface area (Å²) in [6, 6.07) is 12.7. The zero-order valence-corrected chi connectivity index (χ0v) is 13.4. The Kier molecular flexibility index (Phi) is 4.22. The number of rotatable bonds is 4. The molecular weight excluding hydrogens is 298 g/mol. The molecule has 3 aromatic rings. The van der Waals surface area contributed by atoms with Crippen molar-refractivity contribution >= 4 is 39.6 Å². The maximum absolute atomic E-state index is 5.20. The van der Waals surface area contributed by atoms with Gasteiger partial charge in [-0.25, -0.2) is 0 Å². The van der Waals surface area contributed by atoms with Crippen LogP contribution in [0.2, 0.25) is 0 Å². The highest BCUT2D eigenvalue weighted by Gasteiger charge is 2.19. The van der Waals surface area contributed by atoms with Gasteiger partial charge in [0.2, 0.25) is 0 Å². The largest absolute Gasteiger partial charge is 0.366 e. The van der Waals surface area contributed by atoms with E-state index < -0.39 is 0 Å². The summed E-state index contributed by atoms with van der Waals surface area (Å²) in [5, 5.41) is 10.3. The minimum absolute atomic E-state index is 0.285. The minimum Gasteiger partial charge on any atom is -0.366 e. The van der Waals surface area contributed by atoms with E-state index in [2.05, 4.69) is 63.6 Å². The first-order valence-electron chi connectivity index (χ1n) is 6.84. The average molecular weight is 315 g/mol. The number of thiophene rings is 1. The van der Waals surface area contributed by atoms with Crippen molar-refractivity contribution in [3.05, 3.63) is 58.4 Å². The molecule has 0 fully saturated rings.